The minimum Gasteiger partial charge on any atom is -0.378 e. The van der Waals surface area contributed by atoms with Gasteiger partial charge in [0.15, 0.2) is 0 Å². The molecule has 110 valence electrons. The molecule has 0 N–H and O–H groups in total. The Balaban J connectivity index is 1.74. The van der Waals surface area contributed by atoms with Gasteiger partial charge in [0.2, 0.25) is 0 Å². The summed E-state index contributed by atoms with van der Waals surface area (Å²) in [6, 6.07) is 10.2. The van der Waals surface area contributed by atoms with Crippen molar-refractivity contribution in [2.45, 2.75) is 0 Å². The fourth-order valence-electron chi connectivity index (χ4n) is 2.67. The Morgan fingerprint density at radius 3 is 2.55 bits per heavy atom. The Morgan fingerprint density at radius 1 is 0.909 bits per heavy atom. The summed E-state index contributed by atoms with van der Waals surface area (Å²) in [5.41, 5.74) is 4.09. The van der Waals surface area contributed by atoms with Gasteiger partial charge in [0.25, 0.3) is 0 Å². The summed E-state index contributed by atoms with van der Waals surface area (Å²) >= 11 is 0. The van der Waals surface area contributed by atoms with Crippen LogP contribution in [-0.4, -0.2) is 41.3 Å². The molecule has 22 heavy (non-hydrogen) atoms. The number of rotatable bonds is 2. The molecule has 0 aliphatic carbocycles. The fraction of sp³-hybridized carbons (Fsp3) is 0.235. The van der Waals surface area contributed by atoms with E-state index < -0.39 is 0 Å². The lowest BCUT2D eigenvalue weighted by Crippen LogP contribution is -2.36. The molecule has 0 atom stereocenters. The first-order chi connectivity index (χ1) is 10.9. The molecule has 0 saturated carbocycles. The first-order valence-corrected chi connectivity index (χ1v) is 7.40. The Bertz CT molecular complexity index is 785. The van der Waals surface area contributed by atoms with Gasteiger partial charge in [-0.05, 0) is 35.4 Å². The van der Waals surface area contributed by atoms with Crippen molar-refractivity contribution in [1.82, 2.24) is 15.0 Å². The van der Waals surface area contributed by atoms with Gasteiger partial charge in [-0.3, -0.25) is 9.97 Å². The molecular formula is C17H16N4O. The van der Waals surface area contributed by atoms with Gasteiger partial charge in [-0.15, -0.1) is 0 Å². The van der Waals surface area contributed by atoms with Gasteiger partial charge < -0.3 is 9.64 Å². The van der Waals surface area contributed by atoms with Crippen LogP contribution < -0.4 is 4.90 Å². The SMILES string of the molecule is c1cc(-c2ccc3ncc(N4CCOCC4)nc3c2)ccn1. The summed E-state index contributed by atoms with van der Waals surface area (Å²) in [5, 5.41) is 0. The fourth-order valence-corrected chi connectivity index (χ4v) is 2.67. The van der Waals surface area contributed by atoms with E-state index in [0.29, 0.717) is 0 Å². The van der Waals surface area contributed by atoms with Gasteiger partial charge in [0, 0.05) is 25.5 Å². The average Bonchev–Trinajstić information content (AvgIpc) is 2.62. The van der Waals surface area contributed by atoms with Crippen molar-refractivity contribution in [3.63, 3.8) is 0 Å². The molecule has 1 aromatic carbocycles. The van der Waals surface area contributed by atoms with E-state index in [-0.39, 0.29) is 0 Å². The minimum absolute atomic E-state index is 0.747. The highest BCUT2D eigenvalue weighted by Crippen LogP contribution is 2.23. The van der Waals surface area contributed by atoms with Crippen LogP contribution in [0.25, 0.3) is 22.2 Å². The van der Waals surface area contributed by atoms with Crippen LogP contribution in [-0.2, 0) is 4.74 Å². The zero-order chi connectivity index (χ0) is 14.8. The number of anilines is 1. The van der Waals surface area contributed by atoms with Gasteiger partial charge in [0.1, 0.15) is 5.82 Å². The molecule has 4 rings (SSSR count). The Morgan fingerprint density at radius 2 is 1.73 bits per heavy atom. The molecule has 0 radical (unpaired) electrons. The number of fused-ring (bicyclic) bond motifs is 1. The van der Waals surface area contributed by atoms with Crippen molar-refractivity contribution in [1.29, 1.82) is 0 Å². The van der Waals surface area contributed by atoms with Crippen LogP contribution >= 0.6 is 0 Å². The molecule has 1 saturated heterocycles. The summed E-state index contributed by atoms with van der Waals surface area (Å²) in [4.78, 5) is 15.6. The maximum atomic E-state index is 5.39. The van der Waals surface area contributed by atoms with E-state index in [9.17, 15) is 0 Å². The normalized spacial score (nSPS) is 15.2. The second kappa shape index (κ2) is 5.69. The summed E-state index contributed by atoms with van der Waals surface area (Å²) in [7, 11) is 0. The highest BCUT2D eigenvalue weighted by molar-refractivity contribution is 5.82. The van der Waals surface area contributed by atoms with Crippen molar-refractivity contribution in [3.8, 4) is 11.1 Å². The van der Waals surface area contributed by atoms with Gasteiger partial charge >= 0.3 is 0 Å². The van der Waals surface area contributed by atoms with Gasteiger partial charge in [-0.25, -0.2) is 4.98 Å². The van der Waals surface area contributed by atoms with E-state index in [0.717, 1.165) is 54.3 Å². The largest absolute Gasteiger partial charge is 0.378 e. The van der Waals surface area contributed by atoms with E-state index in [1.54, 1.807) is 12.4 Å². The molecule has 0 unspecified atom stereocenters. The lowest BCUT2D eigenvalue weighted by molar-refractivity contribution is 0.122. The van der Waals surface area contributed by atoms with Gasteiger partial charge in [0.05, 0.1) is 30.4 Å². The van der Waals surface area contributed by atoms with Crippen LogP contribution in [0.2, 0.25) is 0 Å². The lowest BCUT2D eigenvalue weighted by Gasteiger charge is -2.27. The number of benzene rings is 1. The van der Waals surface area contributed by atoms with E-state index in [1.165, 1.54) is 0 Å². The monoisotopic (exact) mass is 292 g/mol. The quantitative estimate of drug-likeness (QED) is 0.726. The van der Waals surface area contributed by atoms with Gasteiger partial charge in [-0.2, -0.15) is 0 Å². The molecule has 3 heterocycles. The third-order valence-electron chi connectivity index (χ3n) is 3.88. The first kappa shape index (κ1) is 13.2. The summed E-state index contributed by atoms with van der Waals surface area (Å²) in [6.45, 7) is 3.22. The molecule has 0 spiro atoms. The molecule has 1 aliphatic rings. The van der Waals surface area contributed by atoms with E-state index >= 15 is 0 Å². The molecule has 2 aromatic heterocycles. The van der Waals surface area contributed by atoms with Crippen LogP contribution in [0.15, 0.2) is 48.9 Å². The number of morpholine rings is 1. The Kier molecular flexibility index (Phi) is 3.40. The summed E-state index contributed by atoms with van der Waals surface area (Å²) in [5.74, 6) is 0.919. The molecule has 1 aliphatic heterocycles. The maximum Gasteiger partial charge on any atom is 0.148 e. The van der Waals surface area contributed by atoms with Crippen LogP contribution in [0.1, 0.15) is 0 Å². The van der Waals surface area contributed by atoms with Gasteiger partial charge in [-0.1, -0.05) is 6.07 Å². The number of ether oxygens (including phenoxy) is 1. The standard InChI is InChI=1S/C17H16N4O/c1-2-15-16(11-14(1)13-3-5-18-6-4-13)20-17(12-19-15)21-7-9-22-10-8-21/h1-6,11-12H,7-10H2. The second-order valence-electron chi connectivity index (χ2n) is 5.27. The van der Waals surface area contributed by atoms with E-state index in [2.05, 4.69) is 27.0 Å². The number of aromatic nitrogens is 3. The predicted octanol–water partition coefficient (Wildman–Crippen LogP) is 2.53. The smallest absolute Gasteiger partial charge is 0.148 e. The third-order valence-corrected chi connectivity index (χ3v) is 3.88. The zero-order valence-electron chi connectivity index (χ0n) is 12.1. The third kappa shape index (κ3) is 2.51. The molecule has 3 aromatic rings. The Labute approximate surface area is 128 Å². The highest BCUT2D eigenvalue weighted by Gasteiger charge is 2.13. The summed E-state index contributed by atoms with van der Waals surface area (Å²) in [6.07, 6.45) is 5.45. The summed E-state index contributed by atoms with van der Waals surface area (Å²) < 4.78 is 5.39. The topological polar surface area (TPSA) is 51.1 Å². The predicted molar refractivity (Wildman–Crippen MR) is 85.8 cm³/mol. The zero-order valence-corrected chi connectivity index (χ0v) is 12.1. The molecule has 5 heteroatoms. The lowest BCUT2D eigenvalue weighted by atomic mass is 10.1. The van der Waals surface area contributed by atoms with Crippen molar-refractivity contribution >= 4 is 16.9 Å². The molecule has 0 bridgehead atoms. The molecule has 0 amide bonds. The number of pyridine rings is 1. The minimum atomic E-state index is 0.747. The first-order valence-electron chi connectivity index (χ1n) is 7.40. The van der Waals surface area contributed by atoms with Crippen molar-refractivity contribution in [2.24, 2.45) is 0 Å². The molecule has 1 fully saturated rings. The molecule has 5 nitrogen and oxygen atoms in total. The highest BCUT2D eigenvalue weighted by atomic mass is 16.5. The number of hydrogen-bond acceptors (Lipinski definition) is 5. The van der Waals surface area contributed by atoms with Crippen LogP contribution in [0, 0.1) is 0 Å². The van der Waals surface area contributed by atoms with Crippen LogP contribution in [0.3, 0.4) is 0 Å². The van der Waals surface area contributed by atoms with Crippen molar-refractivity contribution < 1.29 is 4.74 Å². The van der Waals surface area contributed by atoms with Crippen molar-refractivity contribution in [2.75, 3.05) is 31.2 Å². The number of hydrogen-bond donors (Lipinski definition) is 0. The maximum absolute atomic E-state index is 5.39. The van der Waals surface area contributed by atoms with E-state index in [1.807, 2.05) is 24.4 Å². The van der Waals surface area contributed by atoms with Crippen molar-refractivity contribution in [3.05, 3.63) is 48.9 Å². The van der Waals surface area contributed by atoms with E-state index in [4.69, 9.17) is 9.72 Å². The van der Waals surface area contributed by atoms with Crippen LogP contribution in [0.5, 0.6) is 0 Å². The second-order valence-corrected chi connectivity index (χ2v) is 5.27. The average molecular weight is 292 g/mol. The molecular weight excluding hydrogens is 276 g/mol. The van der Waals surface area contributed by atoms with Crippen LogP contribution in [0.4, 0.5) is 5.82 Å². The number of nitrogens with zero attached hydrogens (tertiary/aromatic N) is 4. The Hall–Kier alpha value is -2.53.